The van der Waals surface area contributed by atoms with Crippen molar-refractivity contribution in [3.63, 3.8) is 0 Å². The molecule has 0 aliphatic heterocycles. The van der Waals surface area contributed by atoms with E-state index >= 15 is 0 Å². The summed E-state index contributed by atoms with van der Waals surface area (Å²) < 4.78 is 27.4. The number of hydrogen-bond acceptors (Lipinski definition) is 4. The number of benzene rings is 1. The largest absolute Gasteiger partial charge is 0.254 e. The summed E-state index contributed by atoms with van der Waals surface area (Å²) in [5.41, 5.74) is 0.908. The summed E-state index contributed by atoms with van der Waals surface area (Å²) in [6.45, 7) is 0.333. The number of hydrogen-bond donors (Lipinski definition) is 0. The highest BCUT2D eigenvalue weighted by Crippen LogP contribution is 2.35. The number of halogens is 2. The lowest BCUT2D eigenvalue weighted by Crippen LogP contribution is -2.32. The van der Waals surface area contributed by atoms with Crippen molar-refractivity contribution in [2.75, 3.05) is 0 Å². The number of thiazole rings is 1. The first kappa shape index (κ1) is 15.2. The first-order valence-corrected chi connectivity index (χ1v) is 9.36. The quantitative estimate of drug-likeness (QED) is 0.812. The van der Waals surface area contributed by atoms with Gasteiger partial charge in [-0.05, 0) is 30.5 Å². The Balaban J connectivity index is 1.89. The third kappa shape index (κ3) is 3.40. The summed E-state index contributed by atoms with van der Waals surface area (Å²) in [6, 6.07) is 7.27. The highest BCUT2D eigenvalue weighted by Gasteiger charge is 2.39. The number of nitrogens with zero attached hydrogens (tertiary/aromatic N) is 2. The highest BCUT2D eigenvalue weighted by molar-refractivity contribution is 7.91. The zero-order valence-corrected chi connectivity index (χ0v) is 14.0. The van der Waals surface area contributed by atoms with Crippen molar-refractivity contribution < 1.29 is 8.42 Å². The molecular weight excluding hydrogens is 351 g/mol. The molecule has 0 unspecified atom stereocenters. The lowest BCUT2D eigenvalue weighted by molar-refractivity contribution is 0.400. The van der Waals surface area contributed by atoms with Gasteiger partial charge < -0.3 is 0 Å². The van der Waals surface area contributed by atoms with Gasteiger partial charge in [0, 0.05) is 17.6 Å². The van der Waals surface area contributed by atoms with E-state index in [0.29, 0.717) is 11.6 Å². The van der Waals surface area contributed by atoms with Gasteiger partial charge in [-0.25, -0.2) is 13.4 Å². The second-order valence-electron chi connectivity index (χ2n) is 4.84. The fourth-order valence-electron chi connectivity index (χ4n) is 2.02. The third-order valence-corrected chi connectivity index (χ3v) is 6.93. The monoisotopic (exact) mass is 362 g/mol. The summed E-state index contributed by atoms with van der Waals surface area (Å²) >= 11 is 12.6. The molecule has 21 heavy (non-hydrogen) atoms. The van der Waals surface area contributed by atoms with E-state index in [2.05, 4.69) is 4.98 Å². The molecule has 1 saturated carbocycles. The zero-order valence-electron chi connectivity index (χ0n) is 10.9. The molecule has 1 aromatic heterocycles. The van der Waals surface area contributed by atoms with E-state index in [9.17, 15) is 8.42 Å². The van der Waals surface area contributed by atoms with Crippen LogP contribution in [0.1, 0.15) is 18.4 Å². The summed E-state index contributed by atoms with van der Waals surface area (Å²) in [5.74, 6) is 0. The van der Waals surface area contributed by atoms with Gasteiger partial charge in [-0.2, -0.15) is 4.31 Å². The van der Waals surface area contributed by atoms with Crippen LogP contribution < -0.4 is 0 Å². The van der Waals surface area contributed by atoms with Crippen molar-refractivity contribution in [3.8, 4) is 0 Å². The Morgan fingerprint density at radius 2 is 1.90 bits per heavy atom. The minimum Gasteiger partial charge on any atom is -0.232 e. The molecule has 0 atom stereocenters. The Labute approximate surface area is 137 Å². The van der Waals surface area contributed by atoms with Crippen molar-refractivity contribution in [2.45, 2.75) is 29.6 Å². The van der Waals surface area contributed by atoms with Crippen LogP contribution in [-0.2, 0) is 16.6 Å². The third-order valence-electron chi connectivity index (χ3n) is 3.23. The van der Waals surface area contributed by atoms with Crippen molar-refractivity contribution in [2.24, 2.45) is 0 Å². The molecule has 4 nitrogen and oxygen atoms in total. The Hall–Kier alpha value is -0.660. The van der Waals surface area contributed by atoms with E-state index in [1.54, 1.807) is 12.1 Å². The molecule has 112 valence electrons. The molecule has 1 aliphatic carbocycles. The van der Waals surface area contributed by atoms with Crippen LogP contribution in [0.15, 0.2) is 34.7 Å². The normalized spacial score (nSPS) is 15.6. The molecule has 0 radical (unpaired) electrons. The molecule has 0 amide bonds. The van der Waals surface area contributed by atoms with Crippen LogP contribution in [0.4, 0.5) is 0 Å². The number of aromatic nitrogens is 1. The fraction of sp³-hybridized carbons (Fsp3) is 0.308. The Morgan fingerprint density at radius 1 is 1.24 bits per heavy atom. The van der Waals surface area contributed by atoms with Crippen LogP contribution in [0, 0.1) is 0 Å². The lowest BCUT2D eigenvalue weighted by Gasteiger charge is -2.20. The highest BCUT2D eigenvalue weighted by atomic mass is 35.5. The van der Waals surface area contributed by atoms with Crippen molar-refractivity contribution in [1.29, 1.82) is 0 Å². The van der Waals surface area contributed by atoms with E-state index in [0.717, 1.165) is 29.7 Å². The van der Waals surface area contributed by atoms with Gasteiger partial charge in [0.2, 0.25) is 0 Å². The molecule has 0 saturated heterocycles. The Bertz CT molecular complexity index is 740. The SMILES string of the molecule is O=S(=O)(c1cnc(Cl)s1)N(Cc1ccc(Cl)cc1)C1CC1. The molecule has 2 aromatic rings. The van der Waals surface area contributed by atoms with Gasteiger partial charge in [0.05, 0.1) is 6.20 Å². The smallest absolute Gasteiger partial charge is 0.232 e. The number of rotatable bonds is 5. The van der Waals surface area contributed by atoms with Gasteiger partial charge in [-0.15, -0.1) is 0 Å². The van der Waals surface area contributed by atoms with Crippen molar-refractivity contribution in [3.05, 3.63) is 45.5 Å². The molecule has 0 spiro atoms. The van der Waals surface area contributed by atoms with Crippen molar-refractivity contribution in [1.82, 2.24) is 9.29 Å². The molecule has 8 heteroatoms. The maximum Gasteiger partial charge on any atom is 0.254 e. The average molecular weight is 363 g/mol. The predicted octanol–water partition coefficient (Wildman–Crippen LogP) is 3.80. The molecular formula is C13H12Cl2N2O2S2. The second kappa shape index (κ2) is 5.85. The zero-order chi connectivity index (χ0) is 15.0. The molecule has 3 rings (SSSR count). The molecule has 1 fully saturated rings. The van der Waals surface area contributed by atoms with Crippen LogP contribution in [0.3, 0.4) is 0 Å². The first-order valence-electron chi connectivity index (χ1n) is 6.34. The van der Waals surface area contributed by atoms with E-state index in [1.165, 1.54) is 10.5 Å². The van der Waals surface area contributed by atoms with Crippen LogP contribution in [-0.4, -0.2) is 23.7 Å². The minimum atomic E-state index is -3.55. The topological polar surface area (TPSA) is 50.3 Å². The fourth-order valence-corrected chi connectivity index (χ4v) is 5.24. The van der Waals surface area contributed by atoms with Crippen LogP contribution in [0.5, 0.6) is 0 Å². The first-order chi connectivity index (χ1) is 9.96. The average Bonchev–Trinajstić information content (AvgIpc) is 3.18. The van der Waals surface area contributed by atoms with Crippen LogP contribution in [0.25, 0.3) is 0 Å². The van der Waals surface area contributed by atoms with Gasteiger partial charge in [0.25, 0.3) is 10.0 Å². The standard InChI is InChI=1S/C13H12Cl2N2O2S2/c14-10-3-1-9(2-4-10)8-17(11-5-6-11)21(18,19)12-7-16-13(15)20-12/h1-4,7,11H,5-6,8H2. The minimum absolute atomic E-state index is 0.0616. The van der Waals surface area contributed by atoms with Gasteiger partial charge in [0.1, 0.15) is 0 Å². The molecule has 1 aliphatic rings. The summed E-state index contributed by atoms with van der Waals surface area (Å²) in [6.07, 6.45) is 3.10. The van der Waals surface area contributed by atoms with Crippen LogP contribution in [0.2, 0.25) is 9.49 Å². The Kier molecular flexibility index (Phi) is 4.25. The lowest BCUT2D eigenvalue weighted by atomic mass is 10.2. The van der Waals surface area contributed by atoms with Crippen molar-refractivity contribution >= 4 is 44.6 Å². The molecule has 1 aromatic carbocycles. The Morgan fingerprint density at radius 3 is 2.43 bits per heavy atom. The second-order valence-corrected chi connectivity index (χ2v) is 9.01. The molecule has 1 heterocycles. The maximum absolute atomic E-state index is 12.7. The van der Waals surface area contributed by atoms with Gasteiger partial charge >= 0.3 is 0 Å². The van der Waals surface area contributed by atoms with Gasteiger partial charge in [-0.1, -0.05) is 46.7 Å². The van der Waals surface area contributed by atoms with Gasteiger partial charge in [-0.3, -0.25) is 0 Å². The number of sulfonamides is 1. The summed E-state index contributed by atoms with van der Waals surface area (Å²) in [7, 11) is -3.55. The van der Waals surface area contributed by atoms with E-state index in [4.69, 9.17) is 23.2 Å². The van der Waals surface area contributed by atoms with Gasteiger partial charge in [0.15, 0.2) is 8.68 Å². The van der Waals surface area contributed by atoms with E-state index in [1.807, 2.05) is 12.1 Å². The summed E-state index contributed by atoms with van der Waals surface area (Å²) in [4.78, 5) is 3.82. The maximum atomic E-state index is 12.7. The van der Waals surface area contributed by atoms with E-state index < -0.39 is 10.0 Å². The predicted molar refractivity (Wildman–Crippen MR) is 84.3 cm³/mol. The summed E-state index contributed by atoms with van der Waals surface area (Å²) in [5, 5.41) is 0.633. The van der Waals surface area contributed by atoms with Crippen LogP contribution >= 0.6 is 34.5 Å². The molecule has 0 bridgehead atoms. The van der Waals surface area contributed by atoms with E-state index in [-0.39, 0.29) is 14.7 Å². The molecule has 0 N–H and O–H groups in total.